The van der Waals surface area contributed by atoms with Gasteiger partial charge in [-0.1, -0.05) is 83.5 Å². The second-order valence-corrected chi connectivity index (χ2v) is 16.1. The number of ketones is 1. The molecule has 4 saturated carbocycles. The number of hydrogen-bond acceptors (Lipinski definition) is 4. The first-order valence-corrected chi connectivity index (χ1v) is 16.8. The molecular formula is C38H54O4. The van der Waals surface area contributed by atoms with E-state index in [1.54, 1.807) is 12.7 Å². The van der Waals surface area contributed by atoms with Crippen molar-refractivity contribution in [2.24, 2.45) is 56.7 Å². The fourth-order valence-electron chi connectivity index (χ4n) is 11.8. The van der Waals surface area contributed by atoms with Crippen LogP contribution < -0.4 is 0 Å². The highest BCUT2D eigenvalue weighted by Gasteiger charge is 2.70. The highest BCUT2D eigenvalue weighted by molar-refractivity contribution is 5.86. The predicted octanol–water partition coefficient (Wildman–Crippen LogP) is 8.58. The van der Waals surface area contributed by atoms with Crippen molar-refractivity contribution >= 4 is 11.8 Å². The van der Waals surface area contributed by atoms with E-state index in [1.807, 2.05) is 18.2 Å². The molecule has 0 N–H and O–H groups in total. The first-order chi connectivity index (χ1) is 19.9. The van der Waals surface area contributed by atoms with E-state index in [4.69, 9.17) is 9.47 Å². The molecule has 230 valence electrons. The Labute approximate surface area is 254 Å². The summed E-state index contributed by atoms with van der Waals surface area (Å²) >= 11 is 0. The lowest BCUT2D eigenvalue weighted by molar-refractivity contribution is -0.199. The number of allylic oxidation sites excluding steroid dienone is 2. The molecule has 42 heavy (non-hydrogen) atoms. The van der Waals surface area contributed by atoms with E-state index in [9.17, 15) is 9.59 Å². The van der Waals surface area contributed by atoms with Crippen LogP contribution in [0.2, 0.25) is 0 Å². The fraction of sp³-hybridized carbons (Fsp3) is 0.737. The van der Waals surface area contributed by atoms with E-state index >= 15 is 0 Å². The van der Waals surface area contributed by atoms with Crippen LogP contribution in [0.5, 0.6) is 0 Å². The molecule has 1 aromatic rings. The molecule has 10 atom stereocenters. The van der Waals surface area contributed by atoms with Crippen LogP contribution in [-0.2, 0) is 25.7 Å². The van der Waals surface area contributed by atoms with Gasteiger partial charge < -0.3 is 9.47 Å². The lowest BCUT2D eigenvalue weighted by atomic mass is 9.33. The van der Waals surface area contributed by atoms with Crippen molar-refractivity contribution < 1.29 is 19.1 Å². The van der Waals surface area contributed by atoms with Crippen LogP contribution in [0.25, 0.3) is 0 Å². The van der Waals surface area contributed by atoms with Crippen molar-refractivity contribution in [2.45, 2.75) is 106 Å². The zero-order chi connectivity index (χ0) is 30.1. The third-order valence-corrected chi connectivity index (χ3v) is 14.7. The highest BCUT2D eigenvalue weighted by Crippen LogP contribution is 2.75. The molecular weight excluding hydrogens is 520 g/mol. The van der Waals surface area contributed by atoms with Crippen LogP contribution in [0.1, 0.15) is 105 Å². The van der Waals surface area contributed by atoms with Gasteiger partial charge in [0.25, 0.3) is 0 Å². The summed E-state index contributed by atoms with van der Waals surface area (Å²) in [4.78, 5) is 27.2. The average molecular weight is 575 g/mol. The normalized spacial score (nSPS) is 46.4. The van der Waals surface area contributed by atoms with Gasteiger partial charge in [0, 0.05) is 6.42 Å². The van der Waals surface area contributed by atoms with Gasteiger partial charge in [-0.15, -0.1) is 0 Å². The Morgan fingerprint density at radius 1 is 0.929 bits per heavy atom. The number of fused-ring (bicyclic) bond motifs is 7. The van der Waals surface area contributed by atoms with E-state index in [2.05, 4.69) is 59.8 Å². The SMILES string of the molecule is COC(=O)[C@]12CC[C@@H](C)[C@H](C)[C@H]1C1=CC[C@@H]3[C@@]4(C)CCC(=O)[C@@](C)(COCc5ccccc5)[C@@H]4CC[C@@]3(C)[C@]1(C)CC2. The summed E-state index contributed by atoms with van der Waals surface area (Å²) in [6.07, 6.45) is 11.5. The number of Topliss-reactive ketones (excluding diaryl/α,β-unsaturated/α-hetero) is 1. The maximum Gasteiger partial charge on any atom is 0.312 e. The van der Waals surface area contributed by atoms with Crippen molar-refractivity contribution in [1.29, 1.82) is 0 Å². The van der Waals surface area contributed by atoms with Gasteiger partial charge in [-0.3, -0.25) is 9.59 Å². The van der Waals surface area contributed by atoms with Gasteiger partial charge in [0.1, 0.15) is 5.78 Å². The summed E-state index contributed by atoms with van der Waals surface area (Å²) in [7, 11) is 1.59. The minimum atomic E-state index is -0.450. The Kier molecular flexibility index (Phi) is 7.39. The van der Waals surface area contributed by atoms with E-state index < -0.39 is 5.41 Å². The number of methoxy groups -OCH3 is 1. The number of carbonyl (C=O) groups is 2. The van der Waals surface area contributed by atoms with Gasteiger partial charge >= 0.3 is 5.97 Å². The third kappa shape index (κ3) is 4.02. The summed E-state index contributed by atoms with van der Waals surface area (Å²) in [5, 5.41) is 0. The average Bonchev–Trinajstić information content (AvgIpc) is 2.97. The van der Waals surface area contributed by atoms with E-state index in [-0.39, 0.29) is 33.5 Å². The Bertz CT molecular complexity index is 1250. The minimum Gasteiger partial charge on any atom is -0.469 e. The summed E-state index contributed by atoms with van der Waals surface area (Å²) in [6, 6.07) is 10.3. The molecule has 0 amide bonds. The van der Waals surface area contributed by atoms with Gasteiger partial charge in [0.2, 0.25) is 0 Å². The summed E-state index contributed by atoms with van der Waals surface area (Å²) in [5.74, 6) is 2.59. The van der Waals surface area contributed by atoms with Crippen molar-refractivity contribution in [2.75, 3.05) is 13.7 Å². The molecule has 0 saturated heterocycles. The lowest BCUT2D eigenvalue weighted by Crippen LogP contribution is -2.65. The number of benzene rings is 1. The molecule has 1 aromatic carbocycles. The van der Waals surface area contributed by atoms with Crippen LogP contribution in [0, 0.1) is 56.7 Å². The largest absolute Gasteiger partial charge is 0.469 e. The second kappa shape index (κ2) is 10.3. The van der Waals surface area contributed by atoms with Crippen molar-refractivity contribution in [1.82, 2.24) is 0 Å². The summed E-state index contributed by atoms with van der Waals surface area (Å²) in [6.45, 7) is 15.7. The minimum absolute atomic E-state index is 0.0224. The Morgan fingerprint density at radius 3 is 2.38 bits per heavy atom. The number of esters is 1. The predicted molar refractivity (Wildman–Crippen MR) is 166 cm³/mol. The molecule has 0 aliphatic heterocycles. The molecule has 0 heterocycles. The van der Waals surface area contributed by atoms with Crippen LogP contribution in [0.15, 0.2) is 42.0 Å². The zero-order valence-electron chi connectivity index (χ0n) is 27.3. The van der Waals surface area contributed by atoms with Gasteiger partial charge in [-0.05, 0) is 103 Å². The van der Waals surface area contributed by atoms with Gasteiger partial charge in [0.15, 0.2) is 0 Å². The van der Waals surface area contributed by atoms with Crippen LogP contribution in [0.3, 0.4) is 0 Å². The van der Waals surface area contributed by atoms with E-state index in [0.29, 0.717) is 49.1 Å². The molecule has 4 fully saturated rings. The van der Waals surface area contributed by atoms with Crippen molar-refractivity contribution in [3.63, 3.8) is 0 Å². The highest BCUT2D eigenvalue weighted by atomic mass is 16.5. The number of rotatable bonds is 5. The van der Waals surface area contributed by atoms with Crippen LogP contribution in [0.4, 0.5) is 0 Å². The lowest BCUT2D eigenvalue weighted by Gasteiger charge is -2.71. The second-order valence-electron chi connectivity index (χ2n) is 16.1. The molecule has 0 radical (unpaired) electrons. The summed E-state index contributed by atoms with van der Waals surface area (Å²) in [5.41, 5.74) is 2.18. The maximum atomic E-state index is 13.7. The number of ether oxygens (including phenoxy) is 2. The first-order valence-electron chi connectivity index (χ1n) is 16.8. The fourth-order valence-corrected chi connectivity index (χ4v) is 11.8. The van der Waals surface area contributed by atoms with E-state index in [1.165, 1.54) is 0 Å². The molecule has 0 aromatic heterocycles. The standard InChI is InChI=1S/C38H54O4/c1-25-15-20-38(33(40)41-7)22-21-36(5)28(32(38)26(25)2)13-14-30-34(3)18-17-31(39)35(4,29(34)16-19-37(30,36)6)24-42-23-27-11-9-8-10-12-27/h8-13,25-26,29-30,32H,14-24H2,1-7H3/t25-,26+,29-,30-,32+,34+,35+,36-,37-,38+/m1/s1. The first kappa shape index (κ1) is 30.1. The topological polar surface area (TPSA) is 52.6 Å². The molecule has 4 heteroatoms. The Balaban J connectivity index is 1.34. The summed E-state index contributed by atoms with van der Waals surface area (Å²) < 4.78 is 11.9. The third-order valence-electron chi connectivity index (χ3n) is 14.7. The monoisotopic (exact) mass is 574 g/mol. The number of hydrogen-bond donors (Lipinski definition) is 0. The Morgan fingerprint density at radius 2 is 1.67 bits per heavy atom. The van der Waals surface area contributed by atoms with Gasteiger partial charge in [-0.25, -0.2) is 0 Å². The van der Waals surface area contributed by atoms with Gasteiger partial charge in [-0.2, -0.15) is 0 Å². The van der Waals surface area contributed by atoms with Crippen molar-refractivity contribution in [3.05, 3.63) is 47.5 Å². The molecule has 5 aliphatic carbocycles. The van der Waals surface area contributed by atoms with Crippen LogP contribution in [-0.4, -0.2) is 25.5 Å². The van der Waals surface area contributed by atoms with Crippen LogP contribution >= 0.6 is 0 Å². The molecule has 0 bridgehead atoms. The molecule has 4 nitrogen and oxygen atoms in total. The molecule has 0 spiro atoms. The maximum absolute atomic E-state index is 13.7. The smallest absolute Gasteiger partial charge is 0.312 e. The van der Waals surface area contributed by atoms with E-state index in [0.717, 1.165) is 56.9 Å². The number of carbonyl (C=O) groups excluding carboxylic acids is 2. The van der Waals surface area contributed by atoms with Gasteiger partial charge in [0.05, 0.1) is 31.2 Å². The van der Waals surface area contributed by atoms with Crippen molar-refractivity contribution in [3.8, 4) is 0 Å². The molecule has 6 rings (SSSR count). The Hall–Kier alpha value is -1.94. The molecule has 0 unspecified atom stereocenters. The molecule has 5 aliphatic rings. The quantitative estimate of drug-likeness (QED) is 0.261. The zero-order valence-corrected chi connectivity index (χ0v) is 27.3.